The zero-order chi connectivity index (χ0) is 42.4. The van der Waals surface area contributed by atoms with E-state index in [4.69, 9.17) is 28.4 Å². The second kappa shape index (κ2) is 16.3. The van der Waals surface area contributed by atoms with Crippen molar-refractivity contribution in [1.29, 1.82) is 0 Å². The third-order valence-electron chi connectivity index (χ3n) is 10.8. The van der Waals surface area contributed by atoms with Crippen molar-refractivity contribution in [2.24, 2.45) is 0 Å². The van der Waals surface area contributed by atoms with Crippen LogP contribution in [0, 0.1) is 13.8 Å². The Morgan fingerprint density at radius 3 is 2.07 bits per heavy atom. The highest BCUT2D eigenvalue weighted by Crippen LogP contribution is 2.47. The van der Waals surface area contributed by atoms with E-state index in [1.807, 2.05) is 39.8 Å². The molecule has 5 atom stereocenters. The van der Waals surface area contributed by atoms with E-state index in [2.05, 4.69) is 10.3 Å². The van der Waals surface area contributed by atoms with Gasteiger partial charge in [0.25, 0.3) is 0 Å². The highest BCUT2D eigenvalue weighted by molar-refractivity contribution is 6.58. The summed E-state index contributed by atoms with van der Waals surface area (Å²) in [5.74, 6) is -2.44. The van der Waals surface area contributed by atoms with Gasteiger partial charge >= 0.3 is 30.8 Å². The highest BCUT2D eigenvalue weighted by atomic mass is 19.2. The Balaban J connectivity index is 1.29. The van der Waals surface area contributed by atoms with Gasteiger partial charge in [-0.25, -0.2) is 4.68 Å². The number of aromatic nitrogens is 4. The fourth-order valence-electron chi connectivity index (χ4n) is 8.55. The van der Waals surface area contributed by atoms with E-state index in [9.17, 15) is 19.2 Å². The quantitative estimate of drug-likeness (QED) is 0.132. The molecule has 310 valence electrons. The van der Waals surface area contributed by atoms with Gasteiger partial charge in [0.05, 0.1) is 11.8 Å². The Morgan fingerprint density at radius 2 is 1.48 bits per heavy atom. The van der Waals surface area contributed by atoms with Crippen LogP contribution in [-0.4, -0.2) is 91.5 Å². The maximum Gasteiger partial charge on any atom is 0.737 e. The lowest BCUT2D eigenvalue weighted by Gasteiger charge is -2.44. The summed E-state index contributed by atoms with van der Waals surface area (Å²) >= 11 is 0. The number of ether oxygens (including phenoxy) is 6. The van der Waals surface area contributed by atoms with E-state index in [1.54, 1.807) is 26.0 Å². The summed E-state index contributed by atoms with van der Waals surface area (Å²) in [6, 6.07) is 7.23. The largest absolute Gasteiger partial charge is 0.737 e. The predicted molar refractivity (Wildman–Crippen MR) is 205 cm³/mol. The van der Waals surface area contributed by atoms with Crippen molar-refractivity contribution in [2.45, 2.75) is 119 Å². The van der Waals surface area contributed by atoms with Crippen molar-refractivity contribution in [2.75, 3.05) is 6.61 Å². The van der Waals surface area contributed by atoms with Crippen LogP contribution < -0.4 is 4.74 Å². The van der Waals surface area contributed by atoms with Crippen molar-refractivity contribution in [3.05, 3.63) is 81.1 Å². The number of benzene rings is 1. The Bertz CT molecular complexity index is 2260. The van der Waals surface area contributed by atoms with Crippen LogP contribution in [0.3, 0.4) is 0 Å². The van der Waals surface area contributed by atoms with E-state index in [0.29, 0.717) is 47.1 Å². The second-order valence-electron chi connectivity index (χ2n) is 14.6. The predicted octanol–water partition coefficient (Wildman–Crippen LogP) is 5.30. The van der Waals surface area contributed by atoms with Crippen LogP contribution >= 0.6 is 0 Å². The van der Waals surface area contributed by atoms with Crippen LogP contribution in [0.1, 0.15) is 102 Å². The summed E-state index contributed by atoms with van der Waals surface area (Å²) < 4.78 is 70.9. The average Bonchev–Trinajstić information content (AvgIpc) is 3.80. The van der Waals surface area contributed by atoms with Crippen LogP contribution in [-0.2, 0) is 55.9 Å². The molecule has 0 unspecified atom stereocenters. The van der Waals surface area contributed by atoms with Crippen LogP contribution in [0.5, 0.6) is 5.75 Å². The molecule has 0 amide bonds. The summed E-state index contributed by atoms with van der Waals surface area (Å²) in [5.41, 5.74) is 7.44. The standard InChI is InChI=1S/C40H48BF2N5O10/c1-11-31-20(3)35-34(36-21(4)32(12-2)23(6)48(36)41(42,43)47(35)22(31)5)28-13-15-30(16-14-28)54-18-29-17-46(45-44-29)40-39(57-27(10)52)38(56-26(9)51)37(55-25(8)50)33(58-40)19-53-24(7)49/h13-17,33,37-40H,11-12,18-19H2,1-10H3/t33-,37-,38+,39-,40-/m1/s1. The molecular weight excluding hydrogens is 759 g/mol. The minimum atomic E-state index is -4.16. The number of carbonyl (C=O) groups excluding carboxylic acids is 4. The minimum Gasteiger partial charge on any atom is -0.487 e. The molecule has 1 fully saturated rings. The first-order valence-corrected chi connectivity index (χ1v) is 19.2. The molecule has 6 rings (SSSR count). The maximum atomic E-state index is 16.7. The van der Waals surface area contributed by atoms with Gasteiger partial charge in [-0.05, 0) is 68.1 Å². The number of nitrogens with zero attached hydrogens (tertiary/aromatic N) is 5. The highest BCUT2D eigenvalue weighted by Gasteiger charge is 2.57. The fraction of sp³-hybridized carbons (Fsp3) is 0.475. The number of halogens is 2. The van der Waals surface area contributed by atoms with Gasteiger partial charge in [0.1, 0.15) is 36.5 Å². The van der Waals surface area contributed by atoms with E-state index in [-0.39, 0.29) is 6.61 Å². The lowest BCUT2D eigenvalue weighted by molar-refractivity contribution is -0.363. The molecule has 2 aromatic heterocycles. The van der Waals surface area contributed by atoms with Crippen molar-refractivity contribution in [1.82, 2.24) is 19.5 Å². The maximum absolute atomic E-state index is 16.7. The Hall–Kier alpha value is -5.65. The third-order valence-corrected chi connectivity index (χ3v) is 10.8. The van der Waals surface area contributed by atoms with Gasteiger partial charge in [0.15, 0.2) is 30.2 Å². The number of esters is 4. The topological polar surface area (TPSA) is 162 Å². The Kier molecular flexibility index (Phi) is 11.8. The lowest BCUT2D eigenvalue weighted by atomic mass is 9.83. The number of hydrogen-bond acceptors (Lipinski definition) is 12. The Morgan fingerprint density at radius 1 is 0.862 bits per heavy atom. The molecule has 1 aromatic carbocycles. The zero-order valence-corrected chi connectivity index (χ0v) is 34.3. The summed E-state index contributed by atoms with van der Waals surface area (Å²) in [6.45, 7) is 11.3. The third kappa shape index (κ3) is 7.56. The van der Waals surface area contributed by atoms with Crippen molar-refractivity contribution in [3.8, 4) is 5.75 Å². The molecule has 15 nitrogen and oxygen atoms in total. The molecule has 0 N–H and O–H groups in total. The van der Waals surface area contributed by atoms with Crippen molar-refractivity contribution in [3.63, 3.8) is 0 Å². The van der Waals surface area contributed by atoms with Gasteiger partial charge in [0, 0.05) is 51.5 Å². The summed E-state index contributed by atoms with van der Waals surface area (Å²) in [6.07, 6.45) is -3.80. The van der Waals surface area contributed by atoms with Gasteiger partial charge < -0.3 is 46.0 Å². The van der Waals surface area contributed by atoms with Crippen LogP contribution in [0.15, 0.2) is 47.3 Å². The first-order valence-electron chi connectivity index (χ1n) is 19.2. The van der Waals surface area contributed by atoms with Crippen molar-refractivity contribution < 1.29 is 60.7 Å². The summed E-state index contributed by atoms with van der Waals surface area (Å²) in [7, 11) is 0. The first kappa shape index (κ1) is 42.0. The zero-order valence-electron chi connectivity index (χ0n) is 34.3. The SMILES string of the molecule is CCC1=C(C)C2=C(c3ccc(OCc4cn([C@@H]5O[C@H](COC(C)=O)[C@@H](OC(C)=O)[C@H](OC(C)=O)[C@H]5OC(C)=O)nn4)cc3)c3c(C)c(CC)c(C)n3[B-](F)(F)[N+]2=C1C. The van der Waals surface area contributed by atoms with Crippen LogP contribution in [0.2, 0.25) is 0 Å². The van der Waals surface area contributed by atoms with Gasteiger partial charge in [0.2, 0.25) is 0 Å². The van der Waals surface area contributed by atoms with Crippen molar-refractivity contribution >= 4 is 42.1 Å². The number of carbonyl (C=O) groups is 4. The van der Waals surface area contributed by atoms with Gasteiger partial charge in [-0.15, -0.1) is 5.10 Å². The number of rotatable bonds is 12. The molecule has 1 saturated heterocycles. The number of hydrogen-bond donors (Lipinski definition) is 0. The molecule has 3 aliphatic rings. The fourth-order valence-corrected chi connectivity index (χ4v) is 8.55. The molecular formula is C40H48BF2N5O10. The molecule has 18 heteroatoms. The first-order chi connectivity index (χ1) is 27.4. The molecule has 3 aromatic rings. The molecule has 0 spiro atoms. The second-order valence-corrected chi connectivity index (χ2v) is 14.6. The average molecular weight is 808 g/mol. The molecule has 5 heterocycles. The van der Waals surface area contributed by atoms with E-state index in [1.165, 1.54) is 26.8 Å². The van der Waals surface area contributed by atoms with E-state index < -0.39 is 68.1 Å². The Labute approximate surface area is 334 Å². The monoisotopic (exact) mass is 807 g/mol. The smallest absolute Gasteiger partial charge is 0.487 e. The van der Waals surface area contributed by atoms with Gasteiger partial charge in [-0.2, -0.15) is 0 Å². The molecule has 0 aliphatic carbocycles. The van der Waals surface area contributed by atoms with Crippen LogP contribution in [0.4, 0.5) is 8.63 Å². The molecule has 0 bridgehead atoms. The summed E-state index contributed by atoms with van der Waals surface area (Å²) in [4.78, 5) is 48.3. The van der Waals surface area contributed by atoms with Gasteiger partial charge in [-0.1, -0.05) is 31.2 Å². The minimum absolute atomic E-state index is 0.0715. The number of fused-ring (bicyclic) bond motifs is 2. The lowest BCUT2D eigenvalue weighted by Crippen LogP contribution is -2.60. The number of allylic oxidation sites excluding steroid dienone is 2. The molecule has 0 saturated carbocycles. The summed E-state index contributed by atoms with van der Waals surface area (Å²) in [5, 5.41) is 8.36. The normalized spacial score (nSPS) is 22.4. The molecule has 3 aliphatic heterocycles. The van der Waals surface area contributed by atoms with Gasteiger partial charge in [-0.3, -0.25) is 19.2 Å². The van der Waals surface area contributed by atoms with E-state index >= 15 is 8.63 Å². The van der Waals surface area contributed by atoms with Crippen LogP contribution in [0.25, 0.3) is 5.57 Å². The van der Waals surface area contributed by atoms with E-state index in [0.717, 1.165) is 54.2 Å². The molecule has 0 radical (unpaired) electrons. The molecule has 58 heavy (non-hydrogen) atoms.